The first-order valence-electron chi connectivity index (χ1n) is 9.59. The van der Waals surface area contributed by atoms with Gasteiger partial charge in [0.15, 0.2) is 5.65 Å². The van der Waals surface area contributed by atoms with Crippen molar-refractivity contribution in [3.63, 3.8) is 0 Å². The minimum Gasteiger partial charge on any atom is -0.496 e. The maximum atomic E-state index is 12.7. The number of fused-ring (bicyclic) bond motifs is 3. The molecule has 3 aromatic heterocycles. The highest BCUT2D eigenvalue weighted by Gasteiger charge is 2.16. The third-order valence-corrected chi connectivity index (χ3v) is 4.70. The second kappa shape index (κ2) is 8.24. The van der Waals surface area contributed by atoms with E-state index >= 15 is 0 Å². The number of hydrogen-bond donors (Lipinski definition) is 1. The summed E-state index contributed by atoms with van der Waals surface area (Å²) < 4.78 is 7.40. The van der Waals surface area contributed by atoms with E-state index < -0.39 is 0 Å². The van der Waals surface area contributed by atoms with E-state index in [9.17, 15) is 4.79 Å². The Hall–Kier alpha value is -3.87. The van der Waals surface area contributed by atoms with Crippen LogP contribution in [-0.2, 0) is 6.54 Å². The molecule has 0 radical (unpaired) electrons. The van der Waals surface area contributed by atoms with Crippen molar-refractivity contribution in [1.29, 1.82) is 0 Å². The molecule has 0 saturated heterocycles. The second-order valence-corrected chi connectivity index (χ2v) is 7.10. The van der Waals surface area contributed by atoms with Gasteiger partial charge in [-0.05, 0) is 23.8 Å². The first-order chi connectivity index (χ1) is 14.6. The summed E-state index contributed by atoms with van der Waals surface area (Å²) in [5.74, 6) is 1.10. The summed E-state index contributed by atoms with van der Waals surface area (Å²) in [4.78, 5) is 23.7. The van der Waals surface area contributed by atoms with Gasteiger partial charge in [0.25, 0.3) is 0 Å². The van der Waals surface area contributed by atoms with E-state index in [0.29, 0.717) is 18.2 Å². The number of allylic oxidation sites excluding steroid dienone is 1. The van der Waals surface area contributed by atoms with Gasteiger partial charge in [-0.2, -0.15) is 0 Å². The highest BCUT2D eigenvalue weighted by molar-refractivity contribution is 6.04. The Balaban J connectivity index is 1.85. The predicted octanol–water partition coefficient (Wildman–Crippen LogP) is 3.76. The maximum Gasteiger partial charge on any atom is 0.210 e. The lowest BCUT2D eigenvalue weighted by Gasteiger charge is -2.11. The minimum atomic E-state index is -0.167. The highest BCUT2D eigenvalue weighted by Crippen LogP contribution is 2.29. The summed E-state index contributed by atoms with van der Waals surface area (Å²) in [7, 11) is 5.36. The molecule has 0 unspecified atom stereocenters. The molecular weight excluding hydrogens is 378 g/mol. The molecule has 0 saturated carbocycles. The van der Waals surface area contributed by atoms with Crippen LogP contribution in [0.4, 0.5) is 5.95 Å². The fourth-order valence-electron chi connectivity index (χ4n) is 3.26. The molecule has 7 nitrogen and oxygen atoms in total. The number of pyridine rings is 1. The van der Waals surface area contributed by atoms with Crippen molar-refractivity contribution < 1.29 is 9.53 Å². The normalized spacial score (nSPS) is 11.3. The lowest BCUT2D eigenvalue weighted by atomic mass is 10.2. The van der Waals surface area contributed by atoms with Crippen LogP contribution in [0, 0.1) is 0 Å². The molecule has 0 fully saturated rings. The van der Waals surface area contributed by atoms with Crippen molar-refractivity contribution in [1.82, 2.24) is 19.3 Å². The van der Waals surface area contributed by atoms with Gasteiger partial charge in [-0.3, -0.25) is 9.20 Å². The molecule has 152 valence electrons. The Morgan fingerprint density at radius 1 is 1.20 bits per heavy atom. The number of nitrogens with one attached hydrogen (secondary N) is 1. The Kier molecular flexibility index (Phi) is 5.34. The fourth-order valence-corrected chi connectivity index (χ4v) is 3.26. The number of ketones is 1. The number of hydrogen-bond acceptors (Lipinski definition) is 6. The van der Waals surface area contributed by atoms with Crippen LogP contribution < -0.4 is 10.1 Å². The lowest BCUT2D eigenvalue weighted by Crippen LogP contribution is -2.11. The number of benzene rings is 1. The predicted molar refractivity (Wildman–Crippen MR) is 118 cm³/mol. The molecule has 0 aliphatic carbocycles. The molecule has 0 spiro atoms. The van der Waals surface area contributed by atoms with Crippen LogP contribution in [0.2, 0.25) is 0 Å². The molecule has 0 bridgehead atoms. The van der Waals surface area contributed by atoms with E-state index in [1.54, 1.807) is 25.6 Å². The van der Waals surface area contributed by atoms with Gasteiger partial charge in [-0.25, -0.2) is 9.97 Å². The maximum absolute atomic E-state index is 12.7. The van der Waals surface area contributed by atoms with Gasteiger partial charge in [-0.15, -0.1) is 0 Å². The smallest absolute Gasteiger partial charge is 0.210 e. The van der Waals surface area contributed by atoms with Crippen molar-refractivity contribution in [2.24, 2.45) is 0 Å². The van der Waals surface area contributed by atoms with Gasteiger partial charge in [0, 0.05) is 39.1 Å². The van der Waals surface area contributed by atoms with Crippen molar-refractivity contribution in [2.45, 2.75) is 6.54 Å². The minimum absolute atomic E-state index is 0.167. The van der Waals surface area contributed by atoms with E-state index in [4.69, 9.17) is 4.74 Å². The van der Waals surface area contributed by atoms with Gasteiger partial charge < -0.3 is 15.0 Å². The largest absolute Gasteiger partial charge is 0.496 e. The zero-order chi connectivity index (χ0) is 21.1. The molecule has 4 rings (SSSR count). The molecule has 3 heterocycles. The SMILES string of the molecule is COc1ccnc2c1cc1cc(C(=O)/C=C/N(C)C)nc(NCc3ccccc3)n12. The van der Waals surface area contributed by atoms with Crippen LogP contribution in [0.3, 0.4) is 0 Å². The van der Waals surface area contributed by atoms with E-state index in [0.717, 1.165) is 27.9 Å². The summed E-state index contributed by atoms with van der Waals surface area (Å²) in [5.41, 5.74) is 3.00. The van der Waals surface area contributed by atoms with Crippen LogP contribution in [0.15, 0.2) is 67.0 Å². The number of rotatable bonds is 7. The molecule has 30 heavy (non-hydrogen) atoms. The van der Waals surface area contributed by atoms with Crippen molar-refractivity contribution in [2.75, 3.05) is 26.5 Å². The molecule has 1 N–H and O–H groups in total. The average Bonchev–Trinajstić information content (AvgIpc) is 3.15. The summed E-state index contributed by atoms with van der Waals surface area (Å²) in [6.07, 6.45) is 4.93. The third kappa shape index (κ3) is 3.82. The quantitative estimate of drug-likeness (QED) is 0.376. The van der Waals surface area contributed by atoms with E-state index in [2.05, 4.69) is 15.3 Å². The highest BCUT2D eigenvalue weighted by atomic mass is 16.5. The summed E-state index contributed by atoms with van der Waals surface area (Å²) in [6.45, 7) is 0.567. The van der Waals surface area contributed by atoms with Crippen LogP contribution in [0.25, 0.3) is 16.6 Å². The van der Waals surface area contributed by atoms with Crippen LogP contribution in [-0.4, -0.2) is 46.3 Å². The van der Waals surface area contributed by atoms with Crippen LogP contribution in [0.5, 0.6) is 5.75 Å². The zero-order valence-electron chi connectivity index (χ0n) is 17.2. The Morgan fingerprint density at radius 2 is 2.00 bits per heavy atom. The molecule has 4 aromatic rings. The molecule has 1 aromatic carbocycles. The first kappa shape index (κ1) is 19.4. The zero-order valence-corrected chi connectivity index (χ0v) is 17.2. The molecular formula is C23H23N5O2. The topological polar surface area (TPSA) is 71.8 Å². The summed E-state index contributed by atoms with van der Waals surface area (Å²) in [6, 6.07) is 15.6. The average molecular weight is 401 g/mol. The summed E-state index contributed by atoms with van der Waals surface area (Å²) in [5, 5.41) is 4.22. The van der Waals surface area contributed by atoms with Crippen LogP contribution in [0.1, 0.15) is 16.1 Å². The van der Waals surface area contributed by atoms with E-state index in [1.165, 1.54) is 6.08 Å². The molecule has 0 aliphatic heterocycles. The van der Waals surface area contributed by atoms with Crippen molar-refractivity contribution >= 4 is 28.3 Å². The van der Waals surface area contributed by atoms with Gasteiger partial charge in [0.1, 0.15) is 11.4 Å². The third-order valence-electron chi connectivity index (χ3n) is 4.70. The molecule has 0 atom stereocenters. The first-order valence-corrected chi connectivity index (χ1v) is 9.59. The lowest BCUT2D eigenvalue weighted by molar-refractivity contribution is 0.104. The summed E-state index contributed by atoms with van der Waals surface area (Å²) >= 11 is 0. The fraction of sp³-hybridized carbons (Fsp3) is 0.174. The van der Waals surface area contributed by atoms with Crippen LogP contribution >= 0.6 is 0 Å². The standard InChI is InChI=1S/C23H23N5O2/c1-27(2)12-10-20(29)19-14-17-13-18-21(30-3)9-11-24-22(18)28(17)23(26-19)25-15-16-7-5-4-6-8-16/h4-14H,15H2,1-3H3,(H,25,26)/b12-10+. The number of ether oxygens (including phenoxy) is 1. The number of carbonyl (C=O) groups is 1. The molecule has 0 amide bonds. The Morgan fingerprint density at radius 3 is 2.73 bits per heavy atom. The van der Waals surface area contributed by atoms with Gasteiger partial charge in [-0.1, -0.05) is 30.3 Å². The number of carbonyl (C=O) groups excluding carboxylic acids is 1. The molecule has 7 heteroatoms. The van der Waals surface area contributed by atoms with E-state index in [-0.39, 0.29) is 5.78 Å². The van der Waals surface area contributed by atoms with Crippen molar-refractivity contribution in [3.8, 4) is 5.75 Å². The van der Waals surface area contributed by atoms with E-state index in [1.807, 2.05) is 65.9 Å². The van der Waals surface area contributed by atoms with Gasteiger partial charge in [0.2, 0.25) is 11.7 Å². The van der Waals surface area contributed by atoms with Crippen molar-refractivity contribution in [3.05, 3.63) is 78.3 Å². The number of methoxy groups -OCH3 is 1. The van der Waals surface area contributed by atoms with Gasteiger partial charge >= 0.3 is 0 Å². The van der Waals surface area contributed by atoms with Gasteiger partial charge in [0.05, 0.1) is 18.0 Å². The number of anilines is 1. The number of nitrogens with zero attached hydrogens (tertiary/aromatic N) is 4. The number of aromatic nitrogens is 3. The second-order valence-electron chi connectivity index (χ2n) is 7.10. The monoisotopic (exact) mass is 401 g/mol. The molecule has 0 aliphatic rings. The Labute approximate surface area is 174 Å². The Bertz CT molecular complexity index is 1230.